The SMILES string of the molecule is COc1ccc2nc(N3C(=O)C(=O)C(=C(O)c4ccncc4)C3c3ccc(OCc4ccccc4)cc3)sc2c1. The Morgan fingerprint density at radius 1 is 0.950 bits per heavy atom. The summed E-state index contributed by atoms with van der Waals surface area (Å²) in [5, 5.41) is 11.6. The third-order valence-electron chi connectivity index (χ3n) is 6.63. The number of carbonyl (C=O) groups excluding carboxylic acids is 2. The Hall–Kier alpha value is -5.02. The first-order valence-corrected chi connectivity index (χ1v) is 13.3. The second kappa shape index (κ2) is 10.6. The van der Waals surface area contributed by atoms with Gasteiger partial charge in [-0.2, -0.15) is 0 Å². The molecule has 0 aliphatic carbocycles. The number of ether oxygens (including phenoxy) is 2. The lowest BCUT2D eigenvalue weighted by atomic mass is 9.95. The van der Waals surface area contributed by atoms with Gasteiger partial charge in [0, 0.05) is 18.0 Å². The van der Waals surface area contributed by atoms with Crippen molar-refractivity contribution in [3.63, 3.8) is 0 Å². The number of carbonyl (C=O) groups is 2. The van der Waals surface area contributed by atoms with Gasteiger partial charge >= 0.3 is 5.91 Å². The van der Waals surface area contributed by atoms with Gasteiger partial charge in [-0.25, -0.2) is 4.98 Å². The number of hydrogen-bond acceptors (Lipinski definition) is 8. The summed E-state index contributed by atoms with van der Waals surface area (Å²) in [5.74, 6) is -0.548. The molecular formula is C31H23N3O5S. The van der Waals surface area contributed by atoms with Gasteiger partial charge in [0.15, 0.2) is 5.13 Å². The van der Waals surface area contributed by atoms with E-state index < -0.39 is 17.7 Å². The highest BCUT2D eigenvalue weighted by atomic mass is 32.1. The van der Waals surface area contributed by atoms with Gasteiger partial charge < -0.3 is 14.6 Å². The molecule has 6 rings (SSSR count). The topological polar surface area (TPSA) is 102 Å². The van der Waals surface area contributed by atoms with Gasteiger partial charge in [0.25, 0.3) is 5.78 Å². The number of pyridine rings is 1. The second-order valence-corrected chi connectivity index (χ2v) is 10.1. The first kappa shape index (κ1) is 25.3. The van der Waals surface area contributed by atoms with Crippen LogP contribution in [0.4, 0.5) is 5.13 Å². The van der Waals surface area contributed by atoms with E-state index in [0.29, 0.717) is 39.9 Å². The molecule has 8 nitrogen and oxygen atoms in total. The monoisotopic (exact) mass is 549 g/mol. The zero-order chi connectivity index (χ0) is 27.6. The van der Waals surface area contributed by atoms with Crippen molar-refractivity contribution < 1.29 is 24.2 Å². The number of aliphatic hydroxyl groups is 1. The minimum absolute atomic E-state index is 0.0222. The van der Waals surface area contributed by atoms with Gasteiger partial charge in [-0.3, -0.25) is 19.5 Å². The maximum atomic E-state index is 13.5. The molecule has 3 heterocycles. The van der Waals surface area contributed by atoms with Crippen LogP contribution in [-0.4, -0.2) is 33.9 Å². The predicted molar refractivity (Wildman–Crippen MR) is 152 cm³/mol. The Bertz CT molecular complexity index is 1730. The van der Waals surface area contributed by atoms with Crippen LogP contribution in [0.5, 0.6) is 11.5 Å². The number of benzene rings is 3. The minimum atomic E-state index is -0.904. The molecule has 5 aromatic rings. The zero-order valence-corrected chi connectivity index (χ0v) is 22.2. The molecule has 1 aliphatic heterocycles. The number of methoxy groups -OCH3 is 1. The van der Waals surface area contributed by atoms with Crippen LogP contribution < -0.4 is 14.4 Å². The number of hydrogen-bond donors (Lipinski definition) is 1. The molecule has 1 amide bonds. The average Bonchev–Trinajstić information content (AvgIpc) is 3.54. The summed E-state index contributed by atoms with van der Waals surface area (Å²) in [7, 11) is 1.58. The maximum absolute atomic E-state index is 13.5. The molecule has 0 radical (unpaired) electrons. The molecular weight excluding hydrogens is 526 g/mol. The highest BCUT2D eigenvalue weighted by Gasteiger charge is 2.48. The molecule has 1 unspecified atom stereocenters. The Kier molecular flexibility index (Phi) is 6.71. The first-order chi connectivity index (χ1) is 19.5. The number of amides is 1. The van der Waals surface area contributed by atoms with Crippen LogP contribution in [0.3, 0.4) is 0 Å². The normalized spacial score (nSPS) is 16.4. The molecule has 1 saturated heterocycles. The predicted octanol–water partition coefficient (Wildman–Crippen LogP) is 5.91. The lowest BCUT2D eigenvalue weighted by Crippen LogP contribution is -2.29. The number of thiazole rings is 1. The van der Waals surface area contributed by atoms with Crippen LogP contribution >= 0.6 is 11.3 Å². The van der Waals surface area contributed by atoms with Crippen LogP contribution in [0.25, 0.3) is 16.0 Å². The lowest BCUT2D eigenvalue weighted by Gasteiger charge is -2.23. The fraction of sp³-hybridized carbons (Fsp3) is 0.0968. The van der Waals surface area contributed by atoms with E-state index in [2.05, 4.69) is 9.97 Å². The fourth-order valence-corrected chi connectivity index (χ4v) is 5.64. The minimum Gasteiger partial charge on any atom is -0.507 e. The van der Waals surface area contributed by atoms with Gasteiger partial charge in [-0.15, -0.1) is 0 Å². The molecule has 0 bridgehead atoms. The van der Waals surface area contributed by atoms with E-state index in [1.807, 2.05) is 36.4 Å². The van der Waals surface area contributed by atoms with Crippen LogP contribution in [0.1, 0.15) is 22.7 Å². The summed E-state index contributed by atoms with van der Waals surface area (Å²) in [6, 6.07) is 24.7. The maximum Gasteiger partial charge on any atom is 0.301 e. The number of rotatable bonds is 7. The third kappa shape index (κ3) is 4.67. The van der Waals surface area contributed by atoms with Crippen molar-refractivity contribution in [2.24, 2.45) is 0 Å². The Labute approximate surface area is 233 Å². The molecule has 1 fully saturated rings. The molecule has 1 aliphatic rings. The number of ketones is 1. The number of Topliss-reactive ketones (excluding diaryl/α,β-unsaturated/α-hetero) is 1. The molecule has 1 N–H and O–H groups in total. The van der Waals surface area contributed by atoms with Gasteiger partial charge in [-0.1, -0.05) is 53.8 Å². The smallest absolute Gasteiger partial charge is 0.301 e. The van der Waals surface area contributed by atoms with Crippen molar-refractivity contribution in [1.82, 2.24) is 9.97 Å². The van der Waals surface area contributed by atoms with Gasteiger partial charge in [-0.05, 0) is 53.6 Å². The molecule has 1 atom stereocenters. The van der Waals surface area contributed by atoms with Crippen molar-refractivity contribution in [3.05, 3.63) is 120 Å². The quantitative estimate of drug-likeness (QED) is 0.153. The third-order valence-corrected chi connectivity index (χ3v) is 7.65. The highest BCUT2D eigenvalue weighted by Crippen LogP contribution is 2.44. The van der Waals surface area contributed by atoms with Gasteiger partial charge in [0.1, 0.15) is 23.9 Å². The summed E-state index contributed by atoms with van der Waals surface area (Å²) < 4.78 is 12.1. The first-order valence-electron chi connectivity index (χ1n) is 12.5. The summed E-state index contributed by atoms with van der Waals surface area (Å²) in [6.45, 7) is 0.399. The van der Waals surface area contributed by atoms with E-state index >= 15 is 0 Å². The number of aliphatic hydroxyl groups excluding tert-OH is 1. The number of aromatic nitrogens is 2. The number of nitrogens with zero attached hydrogens (tertiary/aromatic N) is 3. The number of fused-ring (bicyclic) bond motifs is 1. The van der Waals surface area contributed by atoms with E-state index in [0.717, 1.165) is 10.3 Å². The lowest BCUT2D eigenvalue weighted by molar-refractivity contribution is -0.132. The van der Waals surface area contributed by atoms with Crippen molar-refractivity contribution in [3.8, 4) is 11.5 Å². The van der Waals surface area contributed by atoms with E-state index in [4.69, 9.17) is 9.47 Å². The van der Waals surface area contributed by atoms with Gasteiger partial charge in [0.05, 0.1) is 28.9 Å². The van der Waals surface area contributed by atoms with E-state index in [-0.39, 0.29) is 11.3 Å². The Morgan fingerprint density at radius 3 is 2.40 bits per heavy atom. The van der Waals surface area contributed by atoms with Crippen molar-refractivity contribution in [2.75, 3.05) is 12.0 Å². The van der Waals surface area contributed by atoms with E-state index in [1.165, 1.54) is 28.6 Å². The molecule has 9 heteroatoms. The van der Waals surface area contributed by atoms with Crippen molar-refractivity contribution in [2.45, 2.75) is 12.6 Å². The molecule has 198 valence electrons. The fourth-order valence-electron chi connectivity index (χ4n) is 4.62. The van der Waals surface area contributed by atoms with Crippen molar-refractivity contribution >= 4 is 44.1 Å². The van der Waals surface area contributed by atoms with Crippen LogP contribution in [0.15, 0.2) is 103 Å². The molecule has 2 aromatic heterocycles. The summed E-state index contributed by atoms with van der Waals surface area (Å²) in [4.78, 5) is 36.9. The zero-order valence-electron chi connectivity index (χ0n) is 21.4. The Morgan fingerprint density at radius 2 is 1.68 bits per heavy atom. The van der Waals surface area contributed by atoms with Crippen LogP contribution in [0, 0.1) is 0 Å². The van der Waals surface area contributed by atoms with Crippen LogP contribution in [-0.2, 0) is 16.2 Å². The largest absolute Gasteiger partial charge is 0.507 e. The number of anilines is 1. The average molecular weight is 550 g/mol. The van der Waals surface area contributed by atoms with Gasteiger partial charge in [0.2, 0.25) is 0 Å². The standard InChI is InChI=1S/C31H23N3O5S/c1-38-23-11-12-24-25(17-23)40-31(33-24)34-27(26(29(36)30(34)37)28(35)21-13-15-32-16-14-21)20-7-9-22(10-8-20)39-18-19-5-3-2-4-6-19/h2-17,27,35H,18H2,1H3. The molecule has 0 spiro atoms. The summed E-state index contributed by atoms with van der Waals surface area (Å²) in [5.41, 5.74) is 2.68. The molecule has 3 aromatic carbocycles. The summed E-state index contributed by atoms with van der Waals surface area (Å²) >= 11 is 1.27. The summed E-state index contributed by atoms with van der Waals surface area (Å²) in [6.07, 6.45) is 3.03. The van der Waals surface area contributed by atoms with Crippen LogP contribution in [0.2, 0.25) is 0 Å². The molecule has 40 heavy (non-hydrogen) atoms. The Balaban J connectivity index is 1.42. The highest BCUT2D eigenvalue weighted by molar-refractivity contribution is 7.22. The van der Waals surface area contributed by atoms with E-state index in [9.17, 15) is 14.7 Å². The second-order valence-electron chi connectivity index (χ2n) is 9.08. The van der Waals surface area contributed by atoms with Crippen molar-refractivity contribution in [1.29, 1.82) is 0 Å². The van der Waals surface area contributed by atoms with E-state index in [1.54, 1.807) is 55.6 Å². The molecule has 0 saturated carbocycles.